The number of benzene rings is 1. The van der Waals surface area contributed by atoms with E-state index >= 15 is 0 Å². The van der Waals surface area contributed by atoms with Gasteiger partial charge in [-0.25, -0.2) is 0 Å². The Morgan fingerprint density at radius 2 is 2.15 bits per heavy atom. The average Bonchev–Trinajstić information content (AvgIpc) is 2.16. The van der Waals surface area contributed by atoms with Gasteiger partial charge in [0.1, 0.15) is 0 Å². The molecule has 0 bridgehead atoms. The van der Waals surface area contributed by atoms with Gasteiger partial charge in [0.05, 0.1) is 6.61 Å². The maximum Gasteiger partial charge on any atom is 0.0512 e. The quantitative estimate of drug-likeness (QED) is 0.773. The van der Waals surface area contributed by atoms with Crippen molar-refractivity contribution in [3.05, 3.63) is 34.9 Å². The van der Waals surface area contributed by atoms with Gasteiger partial charge in [-0.15, -0.1) is 0 Å². The fraction of sp³-hybridized carbons (Fsp3) is 0.400. The van der Waals surface area contributed by atoms with Gasteiger partial charge in [-0.05, 0) is 18.7 Å². The third-order valence-corrected chi connectivity index (χ3v) is 2.36. The second-order valence-electron chi connectivity index (χ2n) is 2.96. The van der Waals surface area contributed by atoms with Gasteiger partial charge in [0.25, 0.3) is 0 Å². The number of nitrogens with one attached hydrogen (secondary N) is 1. The van der Waals surface area contributed by atoms with Crippen LogP contribution in [0, 0.1) is 0 Å². The molecular formula is C10H14ClNO. The minimum atomic E-state index is 0.0821. The Morgan fingerprint density at radius 1 is 1.46 bits per heavy atom. The monoisotopic (exact) mass is 199 g/mol. The first-order chi connectivity index (χ1) is 6.29. The zero-order valence-corrected chi connectivity index (χ0v) is 8.38. The van der Waals surface area contributed by atoms with E-state index in [1.807, 2.05) is 31.3 Å². The molecule has 0 spiro atoms. The van der Waals surface area contributed by atoms with E-state index in [1.165, 1.54) is 0 Å². The van der Waals surface area contributed by atoms with Crippen LogP contribution >= 0.6 is 11.6 Å². The molecule has 0 aliphatic carbocycles. The average molecular weight is 200 g/mol. The topological polar surface area (TPSA) is 32.3 Å². The third kappa shape index (κ3) is 2.69. The summed E-state index contributed by atoms with van der Waals surface area (Å²) in [6, 6.07) is 7.61. The molecule has 2 N–H and O–H groups in total. The van der Waals surface area contributed by atoms with Gasteiger partial charge >= 0.3 is 0 Å². The molecule has 0 aromatic heterocycles. The van der Waals surface area contributed by atoms with E-state index in [-0.39, 0.29) is 12.5 Å². The molecule has 1 aromatic rings. The van der Waals surface area contributed by atoms with Gasteiger partial charge in [-0.2, -0.15) is 0 Å². The van der Waals surface area contributed by atoms with Crippen molar-refractivity contribution in [1.29, 1.82) is 0 Å². The first-order valence-corrected chi connectivity index (χ1v) is 4.67. The van der Waals surface area contributed by atoms with Crippen molar-refractivity contribution in [2.24, 2.45) is 0 Å². The van der Waals surface area contributed by atoms with Crippen LogP contribution in [0.25, 0.3) is 0 Å². The van der Waals surface area contributed by atoms with Crippen molar-refractivity contribution in [3.8, 4) is 0 Å². The van der Waals surface area contributed by atoms with Crippen molar-refractivity contribution in [1.82, 2.24) is 5.32 Å². The largest absolute Gasteiger partial charge is 0.396 e. The molecule has 1 unspecified atom stereocenters. The van der Waals surface area contributed by atoms with Crippen LogP contribution < -0.4 is 5.32 Å². The molecule has 1 atom stereocenters. The van der Waals surface area contributed by atoms with Crippen LogP contribution in [0.15, 0.2) is 24.3 Å². The lowest BCUT2D eigenvalue weighted by atomic mass is 10.0. The SMILES string of the molecule is CNCC(CO)c1ccccc1Cl. The summed E-state index contributed by atoms with van der Waals surface area (Å²) in [5.41, 5.74) is 1.00. The highest BCUT2D eigenvalue weighted by Crippen LogP contribution is 2.23. The fourth-order valence-electron chi connectivity index (χ4n) is 1.33. The minimum Gasteiger partial charge on any atom is -0.396 e. The Kier molecular flexibility index (Phi) is 4.22. The highest BCUT2D eigenvalue weighted by molar-refractivity contribution is 6.31. The van der Waals surface area contributed by atoms with E-state index in [9.17, 15) is 0 Å². The summed E-state index contributed by atoms with van der Waals surface area (Å²) in [5, 5.41) is 12.9. The van der Waals surface area contributed by atoms with Crippen molar-refractivity contribution in [2.45, 2.75) is 5.92 Å². The molecule has 3 heteroatoms. The van der Waals surface area contributed by atoms with Gasteiger partial charge in [0.15, 0.2) is 0 Å². The molecule has 0 fully saturated rings. The van der Waals surface area contributed by atoms with E-state index in [1.54, 1.807) is 0 Å². The highest BCUT2D eigenvalue weighted by atomic mass is 35.5. The van der Waals surface area contributed by atoms with Crippen LogP contribution in [0.2, 0.25) is 5.02 Å². The first kappa shape index (κ1) is 10.5. The Morgan fingerprint density at radius 3 is 2.69 bits per heavy atom. The highest BCUT2D eigenvalue weighted by Gasteiger charge is 2.11. The number of halogens is 1. The molecule has 0 saturated carbocycles. The second kappa shape index (κ2) is 5.22. The first-order valence-electron chi connectivity index (χ1n) is 4.29. The number of aliphatic hydroxyl groups is 1. The summed E-state index contributed by atoms with van der Waals surface area (Å²) in [6.07, 6.45) is 0. The second-order valence-corrected chi connectivity index (χ2v) is 3.37. The van der Waals surface area contributed by atoms with Gasteiger partial charge in [-0.3, -0.25) is 0 Å². The zero-order chi connectivity index (χ0) is 9.68. The van der Waals surface area contributed by atoms with Gasteiger partial charge in [0.2, 0.25) is 0 Å². The van der Waals surface area contributed by atoms with Crippen LogP contribution in [0.5, 0.6) is 0 Å². The van der Waals surface area contributed by atoms with Gasteiger partial charge in [-0.1, -0.05) is 29.8 Å². The maximum absolute atomic E-state index is 9.14. The molecule has 0 radical (unpaired) electrons. The lowest BCUT2D eigenvalue weighted by molar-refractivity contribution is 0.263. The number of rotatable bonds is 4. The standard InChI is InChI=1S/C10H14ClNO/c1-12-6-8(7-13)9-4-2-3-5-10(9)11/h2-5,8,12-13H,6-7H2,1H3. The van der Waals surface area contributed by atoms with Crippen LogP contribution in [0.1, 0.15) is 11.5 Å². The minimum absolute atomic E-state index is 0.0821. The van der Waals surface area contributed by atoms with E-state index in [0.717, 1.165) is 17.1 Å². The summed E-state index contributed by atoms with van der Waals surface area (Å²) < 4.78 is 0. The van der Waals surface area contributed by atoms with E-state index in [4.69, 9.17) is 16.7 Å². The lowest BCUT2D eigenvalue weighted by Gasteiger charge is -2.15. The van der Waals surface area contributed by atoms with Crippen molar-refractivity contribution >= 4 is 11.6 Å². The molecule has 0 amide bonds. The summed E-state index contributed by atoms with van der Waals surface area (Å²) in [5.74, 6) is 0.0821. The Labute approximate surface area is 83.5 Å². The molecule has 0 heterocycles. The molecule has 72 valence electrons. The van der Waals surface area contributed by atoms with Crippen LogP contribution in [-0.2, 0) is 0 Å². The lowest BCUT2D eigenvalue weighted by Crippen LogP contribution is -2.20. The Bertz CT molecular complexity index is 265. The molecule has 1 rings (SSSR count). The molecule has 13 heavy (non-hydrogen) atoms. The van der Waals surface area contributed by atoms with Crippen LogP contribution in [-0.4, -0.2) is 25.3 Å². The number of likely N-dealkylation sites (N-methyl/N-ethyl adjacent to an activating group) is 1. The number of hydrogen-bond acceptors (Lipinski definition) is 2. The van der Waals surface area contributed by atoms with Gasteiger partial charge in [0, 0.05) is 17.5 Å². The normalized spacial score (nSPS) is 12.8. The van der Waals surface area contributed by atoms with E-state index in [2.05, 4.69) is 5.32 Å². The van der Waals surface area contributed by atoms with Crippen molar-refractivity contribution < 1.29 is 5.11 Å². The molecule has 0 aliphatic rings. The summed E-state index contributed by atoms with van der Waals surface area (Å²) >= 11 is 5.99. The smallest absolute Gasteiger partial charge is 0.0512 e. The molecule has 0 aliphatic heterocycles. The maximum atomic E-state index is 9.14. The summed E-state index contributed by atoms with van der Waals surface area (Å²) in [7, 11) is 1.86. The van der Waals surface area contributed by atoms with E-state index < -0.39 is 0 Å². The molecule has 2 nitrogen and oxygen atoms in total. The summed E-state index contributed by atoms with van der Waals surface area (Å²) in [4.78, 5) is 0. The third-order valence-electron chi connectivity index (χ3n) is 2.02. The predicted molar refractivity (Wildman–Crippen MR) is 55.2 cm³/mol. The van der Waals surface area contributed by atoms with Gasteiger partial charge < -0.3 is 10.4 Å². The molecule has 0 saturated heterocycles. The van der Waals surface area contributed by atoms with Crippen LogP contribution in [0.3, 0.4) is 0 Å². The van der Waals surface area contributed by atoms with E-state index in [0.29, 0.717) is 0 Å². The Hall–Kier alpha value is -0.570. The van der Waals surface area contributed by atoms with Crippen molar-refractivity contribution in [2.75, 3.05) is 20.2 Å². The Balaban J connectivity index is 2.84. The number of hydrogen-bond donors (Lipinski definition) is 2. The predicted octanol–water partition coefficient (Wildman–Crippen LogP) is 1.64. The number of aliphatic hydroxyl groups excluding tert-OH is 1. The zero-order valence-electron chi connectivity index (χ0n) is 7.63. The molecular weight excluding hydrogens is 186 g/mol. The molecule has 1 aromatic carbocycles. The fourth-order valence-corrected chi connectivity index (χ4v) is 1.62. The van der Waals surface area contributed by atoms with Crippen molar-refractivity contribution in [3.63, 3.8) is 0 Å². The summed E-state index contributed by atoms with van der Waals surface area (Å²) in [6.45, 7) is 0.852. The van der Waals surface area contributed by atoms with Crippen LogP contribution in [0.4, 0.5) is 0 Å².